The van der Waals surface area contributed by atoms with Crippen LogP contribution in [0, 0.1) is 0 Å². The molecule has 7 heteroatoms. The first-order chi connectivity index (χ1) is 14.8. The molecule has 31 heavy (non-hydrogen) atoms. The Kier molecular flexibility index (Phi) is 5.67. The van der Waals surface area contributed by atoms with E-state index in [1.165, 1.54) is 23.3 Å². The average molecular weight is 426 g/mol. The molecule has 2 N–H and O–H groups in total. The van der Waals surface area contributed by atoms with Crippen LogP contribution < -0.4 is 5.32 Å². The van der Waals surface area contributed by atoms with Crippen molar-refractivity contribution in [2.75, 3.05) is 5.32 Å². The molecule has 0 saturated heterocycles. The van der Waals surface area contributed by atoms with Gasteiger partial charge in [0.15, 0.2) is 0 Å². The lowest BCUT2D eigenvalue weighted by Crippen LogP contribution is -2.17. The molecule has 0 aliphatic heterocycles. The van der Waals surface area contributed by atoms with Crippen molar-refractivity contribution in [1.82, 2.24) is 4.98 Å². The predicted molar refractivity (Wildman–Crippen MR) is 112 cm³/mol. The molecule has 3 aromatic rings. The van der Waals surface area contributed by atoms with Gasteiger partial charge in [0.25, 0.3) is 0 Å². The molecule has 1 aliphatic rings. The zero-order valence-electron chi connectivity index (χ0n) is 16.6. The lowest BCUT2D eigenvalue weighted by Gasteiger charge is -2.27. The third-order valence-corrected chi connectivity index (χ3v) is 5.49. The van der Waals surface area contributed by atoms with E-state index in [0.717, 1.165) is 37.1 Å². The first kappa shape index (κ1) is 20.9. The second-order valence-corrected chi connectivity index (χ2v) is 7.73. The van der Waals surface area contributed by atoms with Gasteiger partial charge in [-0.2, -0.15) is 13.2 Å². The number of hydrogen-bond acceptors (Lipinski definition) is 3. The van der Waals surface area contributed by atoms with Crippen LogP contribution in [0.3, 0.4) is 0 Å². The standard InChI is InChI=1S/C24H21F3N2O2/c25-24(26,27)19-6-4-16(5-7-19)18-10-15(12-23(30)31)11-20(13-18)29-22-3-1-2-17-14-28-9-8-21(17)22/h4-11,13-14,22,29H,1-3,12H2,(H,30,31). The summed E-state index contributed by atoms with van der Waals surface area (Å²) in [7, 11) is 0. The molecule has 1 heterocycles. The Bertz CT molecular complexity index is 1090. The third kappa shape index (κ3) is 4.87. The molecular weight excluding hydrogens is 405 g/mol. The maximum Gasteiger partial charge on any atom is 0.416 e. The van der Waals surface area contributed by atoms with Gasteiger partial charge in [-0.3, -0.25) is 9.78 Å². The molecule has 0 saturated carbocycles. The number of carboxylic acid groups (broad SMARTS) is 1. The van der Waals surface area contributed by atoms with Gasteiger partial charge in [-0.05, 0) is 77.4 Å². The molecule has 2 aromatic carbocycles. The Balaban J connectivity index is 1.68. The summed E-state index contributed by atoms with van der Waals surface area (Å²) in [5.41, 5.74) is 4.22. The molecule has 0 spiro atoms. The van der Waals surface area contributed by atoms with Crippen molar-refractivity contribution in [3.63, 3.8) is 0 Å². The number of halogens is 3. The van der Waals surface area contributed by atoms with Crippen molar-refractivity contribution >= 4 is 11.7 Å². The highest BCUT2D eigenvalue weighted by molar-refractivity contribution is 5.75. The molecule has 0 amide bonds. The van der Waals surface area contributed by atoms with E-state index in [1.54, 1.807) is 18.3 Å². The number of benzene rings is 2. The Morgan fingerprint density at radius 1 is 1.10 bits per heavy atom. The molecule has 4 rings (SSSR count). The maximum atomic E-state index is 12.9. The predicted octanol–water partition coefficient (Wildman–Crippen LogP) is 5.88. The van der Waals surface area contributed by atoms with E-state index in [2.05, 4.69) is 10.3 Å². The number of aryl methyl sites for hydroxylation is 1. The zero-order valence-corrected chi connectivity index (χ0v) is 16.6. The van der Waals surface area contributed by atoms with Gasteiger partial charge in [0.05, 0.1) is 18.0 Å². The number of aromatic nitrogens is 1. The van der Waals surface area contributed by atoms with Crippen LogP contribution in [0.1, 0.15) is 41.1 Å². The van der Waals surface area contributed by atoms with Crippen LogP contribution in [0.4, 0.5) is 18.9 Å². The molecule has 0 radical (unpaired) electrons. The van der Waals surface area contributed by atoms with Crippen LogP contribution in [0.25, 0.3) is 11.1 Å². The van der Waals surface area contributed by atoms with Gasteiger partial charge in [-0.1, -0.05) is 18.2 Å². The molecule has 1 atom stereocenters. The van der Waals surface area contributed by atoms with Crippen LogP contribution in [0.5, 0.6) is 0 Å². The van der Waals surface area contributed by atoms with E-state index in [9.17, 15) is 23.1 Å². The number of carboxylic acids is 1. The Labute approximate surface area is 177 Å². The fourth-order valence-electron chi connectivity index (χ4n) is 4.06. The normalized spacial score (nSPS) is 15.9. The Morgan fingerprint density at radius 2 is 1.87 bits per heavy atom. The number of carbonyl (C=O) groups is 1. The highest BCUT2D eigenvalue weighted by Crippen LogP contribution is 2.35. The second kappa shape index (κ2) is 8.41. The van der Waals surface area contributed by atoms with Crippen molar-refractivity contribution in [2.24, 2.45) is 0 Å². The first-order valence-corrected chi connectivity index (χ1v) is 10.0. The van der Waals surface area contributed by atoms with Gasteiger partial charge >= 0.3 is 12.1 Å². The lowest BCUT2D eigenvalue weighted by atomic mass is 9.89. The molecule has 1 aromatic heterocycles. The van der Waals surface area contributed by atoms with E-state index >= 15 is 0 Å². The van der Waals surface area contributed by atoms with Crippen LogP contribution >= 0.6 is 0 Å². The van der Waals surface area contributed by atoms with Crippen molar-refractivity contribution < 1.29 is 23.1 Å². The highest BCUT2D eigenvalue weighted by Gasteiger charge is 2.30. The molecule has 1 unspecified atom stereocenters. The smallest absolute Gasteiger partial charge is 0.416 e. The van der Waals surface area contributed by atoms with Crippen molar-refractivity contribution in [3.8, 4) is 11.1 Å². The van der Waals surface area contributed by atoms with Crippen molar-refractivity contribution in [2.45, 2.75) is 37.9 Å². The maximum absolute atomic E-state index is 12.9. The summed E-state index contributed by atoms with van der Waals surface area (Å²) in [6, 6.07) is 12.3. The van der Waals surface area contributed by atoms with Gasteiger partial charge in [-0.15, -0.1) is 0 Å². The van der Waals surface area contributed by atoms with Gasteiger partial charge in [0.2, 0.25) is 0 Å². The van der Waals surface area contributed by atoms with Gasteiger partial charge in [0.1, 0.15) is 0 Å². The molecule has 0 fully saturated rings. The number of alkyl halides is 3. The quantitative estimate of drug-likeness (QED) is 0.535. The minimum Gasteiger partial charge on any atom is -0.481 e. The number of anilines is 1. The summed E-state index contributed by atoms with van der Waals surface area (Å²) >= 11 is 0. The number of pyridine rings is 1. The Morgan fingerprint density at radius 3 is 2.58 bits per heavy atom. The van der Waals surface area contributed by atoms with E-state index in [4.69, 9.17) is 0 Å². The van der Waals surface area contributed by atoms with Crippen LogP contribution in [-0.4, -0.2) is 16.1 Å². The first-order valence-electron chi connectivity index (χ1n) is 10.0. The number of nitrogens with one attached hydrogen (secondary N) is 1. The minimum absolute atomic E-state index is 0.0623. The SMILES string of the molecule is O=C(O)Cc1cc(NC2CCCc3cnccc32)cc(-c2ccc(C(F)(F)F)cc2)c1. The monoisotopic (exact) mass is 426 g/mol. The van der Waals surface area contributed by atoms with Gasteiger partial charge in [-0.25, -0.2) is 0 Å². The van der Waals surface area contributed by atoms with Crippen LogP contribution in [0.2, 0.25) is 0 Å². The summed E-state index contributed by atoms with van der Waals surface area (Å²) in [5, 5.41) is 12.7. The van der Waals surface area contributed by atoms with E-state index < -0.39 is 17.7 Å². The highest BCUT2D eigenvalue weighted by atomic mass is 19.4. The van der Waals surface area contributed by atoms with Gasteiger partial charge in [0, 0.05) is 18.1 Å². The van der Waals surface area contributed by atoms with Crippen molar-refractivity contribution in [3.05, 3.63) is 83.2 Å². The van der Waals surface area contributed by atoms with E-state index in [-0.39, 0.29) is 12.5 Å². The number of hydrogen-bond donors (Lipinski definition) is 2. The summed E-state index contributed by atoms with van der Waals surface area (Å²) in [5.74, 6) is -0.968. The second-order valence-electron chi connectivity index (χ2n) is 7.73. The molecule has 1 aliphatic carbocycles. The molecule has 0 bridgehead atoms. The van der Waals surface area contributed by atoms with Crippen LogP contribution in [-0.2, 0) is 23.8 Å². The third-order valence-electron chi connectivity index (χ3n) is 5.49. The number of fused-ring (bicyclic) bond motifs is 1. The lowest BCUT2D eigenvalue weighted by molar-refractivity contribution is -0.138. The minimum atomic E-state index is -4.40. The molecule has 160 valence electrons. The fourth-order valence-corrected chi connectivity index (χ4v) is 4.06. The van der Waals surface area contributed by atoms with Crippen molar-refractivity contribution in [1.29, 1.82) is 0 Å². The number of rotatable bonds is 5. The summed E-state index contributed by atoms with van der Waals surface area (Å²) in [6.45, 7) is 0. The average Bonchev–Trinajstić information content (AvgIpc) is 2.73. The fraction of sp³-hybridized carbons (Fsp3) is 0.250. The number of nitrogens with zero attached hydrogens (tertiary/aromatic N) is 1. The Hall–Kier alpha value is -3.35. The van der Waals surface area contributed by atoms with E-state index in [1.807, 2.05) is 18.3 Å². The summed E-state index contributed by atoms with van der Waals surface area (Å²) < 4.78 is 38.7. The summed E-state index contributed by atoms with van der Waals surface area (Å²) in [6.07, 6.45) is 1.96. The largest absolute Gasteiger partial charge is 0.481 e. The number of aliphatic carboxylic acids is 1. The van der Waals surface area contributed by atoms with E-state index in [0.29, 0.717) is 16.7 Å². The zero-order chi connectivity index (χ0) is 22.0. The topological polar surface area (TPSA) is 62.2 Å². The molecule has 4 nitrogen and oxygen atoms in total. The van der Waals surface area contributed by atoms with Crippen LogP contribution in [0.15, 0.2) is 60.9 Å². The summed E-state index contributed by atoms with van der Waals surface area (Å²) in [4.78, 5) is 15.5. The molecular formula is C24H21F3N2O2. The van der Waals surface area contributed by atoms with Gasteiger partial charge < -0.3 is 10.4 Å².